The van der Waals surface area contributed by atoms with Gasteiger partial charge in [0.2, 0.25) is 5.91 Å². The second kappa shape index (κ2) is 6.98. The predicted molar refractivity (Wildman–Crippen MR) is 82.2 cm³/mol. The second-order valence-corrected chi connectivity index (χ2v) is 7.77. The Morgan fingerprint density at radius 1 is 1.32 bits per heavy atom. The Labute approximate surface area is 121 Å². The van der Waals surface area contributed by atoms with Gasteiger partial charge in [-0.25, -0.2) is 0 Å². The summed E-state index contributed by atoms with van der Waals surface area (Å²) in [5.41, 5.74) is 5.66. The van der Waals surface area contributed by atoms with Crippen molar-refractivity contribution in [2.75, 3.05) is 18.8 Å². The largest absolute Gasteiger partial charge is 0.354 e. The van der Waals surface area contributed by atoms with Crippen molar-refractivity contribution >= 4 is 17.7 Å². The van der Waals surface area contributed by atoms with Crippen LogP contribution in [-0.4, -0.2) is 30.0 Å². The smallest absolute Gasteiger partial charge is 0.227 e. The van der Waals surface area contributed by atoms with E-state index in [1.165, 1.54) is 25.0 Å². The molecule has 0 aromatic carbocycles. The number of hydrogen-bond acceptors (Lipinski definition) is 3. The number of thioether (sulfide) groups is 1. The third kappa shape index (κ3) is 3.88. The molecule has 0 aromatic rings. The highest BCUT2D eigenvalue weighted by atomic mass is 32.2. The average molecular weight is 284 g/mol. The fraction of sp³-hybridized carbons (Fsp3) is 0.933. The lowest BCUT2D eigenvalue weighted by Crippen LogP contribution is -2.49. The van der Waals surface area contributed by atoms with Gasteiger partial charge in [0.05, 0.1) is 5.41 Å². The van der Waals surface area contributed by atoms with Crippen LogP contribution in [0.5, 0.6) is 0 Å². The third-order valence-electron chi connectivity index (χ3n) is 4.87. The number of carbonyl (C=O) groups is 1. The van der Waals surface area contributed by atoms with E-state index in [9.17, 15) is 4.79 Å². The molecule has 2 aliphatic rings. The van der Waals surface area contributed by atoms with Gasteiger partial charge >= 0.3 is 0 Å². The normalized spacial score (nSPS) is 35.9. The number of nitrogens with two attached hydrogens (primary N) is 1. The lowest BCUT2D eigenvalue weighted by atomic mass is 9.70. The molecule has 2 fully saturated rings. The second-order valence-electron chi connectivity index (χ2n) is 6.37. The SMILES string of the molecule is CC1CCC(CN)(C(=O)NCC2CCCCS2)CC1. The van der Waals surface area contributed by atoms with Crippen molar-refractivity contribution < 1.29 is 4.79 Å². The van der Waals surface area contributed by atoms with Crippen LogP contribution in [0.3, 0.4) is 0 Å². The zero-order valence-electron chi connectivity index (χ0n) is 12.1. The van der Waals surface area contributed by atoms with E-state index in [-0.39, 0.29) is 11.3 Å². The fourth-order valence-electron chi connectivity index (χ4n) is 3.20. The van der Waals surface area contributed by atoms with E-state index in [4.69, 9.17) is 5.73 Å². The molecule has 2 rings (SSSR count). The van der Waals surface area contributed by atoms with Crippen LogP contribution >= 0.6 is 11.8 Å². The minimum atomic E-state index is -0.272. The molecular formula is C15H28N2OS. The highest BCUT2D eigenvalue weighted by Crippen LogP contribution is 2.38. The average Bonchev–Trinajstić information content (AvgIpc) is 2.47. The number of rotatable bonds is 4. The van der Waals surface area contributed by atoms with E-state index in [1.54, 1.807) is 0 Å². The van der Waals surface area contributed by atoms with Crippen molar-refractivity contribution in [2.24, 2.45) is 17.1 Å². The number of nitrogens with one attached hydrogen (secondary N) is 1. The molecule has 1 saturated carbocycles. The molecule has 3 nitrogen and oxygen atoms in total. The van der Waals surface area contributed by atoms with Gasteiger partial charge in [0, 0.05) is 18.3 Å². The van der Waals surface area contributed by atoms with Gasteiger partial charge in [-0.15, -0.1) is 0 Å². The first kappa shape index (κ1) is 15.2. The topological polar surface area (TPSA) is 55.1 Å². The molecule has 1 atom stereocenters. The maximum absolute atomic E-state index is 12.5. The van der Waals surface area contributed by atoms with E-state index in [0.29, 0.717) is 11.8 Å². The Balaban J connectivity index is 1.82. The van der Waals surface area contributed by atoms with Gasteiger partial charge < -0.3 is 11.1 Å². The highest BCUT2D eigenvalue weighted by molar-refractivity contribution is 7.99. The zero-order chi connectivity index (χ0) is 13.7. The van der Waals surface area contributed by atoms with E-state index < -0.39 is 0 Å². The van der Waals surface area contributed by atoms with Crippen molar-refractivity contribution in [3.63, 3.8) is 0 Å². The Hall–Kier alpha value is -0.220. The summed E-state index contributed by atoms with van der Waals surface area (Å²) in [6, 6.07) is 0. The lowest BCUT2D eigenvalue weighted by molar-refractivity contribution is -0.132. The van der Waals surface area contributed by atoms with Gasteiger partial charge in [0.15, 0.2) is 0 Å². The summed E-state index contributed by atoms with van der Waals surface area (Å²) in [4.78, 5) is 12.5. The summed E-state index contributed by atoms with van der Waals surface area (Å²) in [5.74, 6) is 2.22. The Morgan fingerprint density at radius 2 is 2.05 bits per heavy atom. The molecule has 1 heterocycles. The Bertz CT molecular complexity index is 295. The molecule has 0 bridgehead atoms. The summed E-state index contributed by atoms with van der Waals surface area (Å²) in [6.07, 6.45) is 8.11. The lowest BCUT2D eigenvalue weighted by Gasteiger charge is -2.37. The molecule has 4 heteroatoms. The first-order valence-corrected chi connectivity index (χ1v) is 8.81. The summed E-state index contributed by atoms with van der Waals surface area (Å²) in [7, 11) is 0. The van der Waals surface area contributed by atoms with E-state index in [0.717, 1.165) is 38.1 Å². The van der Waals surface area contributed by atoms with Crippen molar-refractivity contribution in [3.8, 4) is 0 Å². The van der Waals surface area contributed by atoms with Crippen LogP contribution in [0.2, 0.25) is 0 Å². The molecule has 1 aliphatic carbocycles. The zero-order valence-corrected chi connectivity index (χ0v) is 12.9. The van der Waals surface area contributed by atoms with Crippen molar-refractivity contribution in [2.45, 2.75) is 57.1 Å². The van der Waals surface area contributed by atoms with Gasteiger partial charge in [0.25, 0.3) is 0 Å². The molecule has 0 aromatic heterocycles. The summed E-state index contributed by atoms with van der Waals surface area (Å²) < 4.78 is 0. The Kier molecular flexibility index (Phi) is 5.58. The van der Waals surface area contributed by atoms with Gasteiger partial charge in [-0.1, -0.05) is 13.3 Å². The summed E-state index contributed by atoms with van der Waals surface area (Å²) in [6.45, 7) is 3.61. The van der Waals surface area contributed by atoms with Crippen LogP contribution in [0.15, 0.2) is 0 Å². The third-order valence-corrected chi connectivity index (χ3v) is 6.27. The van der Waals surface area contributed by atoms with Crippen LogP contribution in [0, 0.1) is 11.3 Å². The fourth-order valence-corrected chi connectivity index (χ4v) is 4.44. The van der Waals surface area contributed by atoms with Crippen LogP contribution in [-0.2, 0) is 4.79 Å². The molecule has 0 radical (unpaired) electrons. The maximum Gasteiger partial charge on any atom is 0.227 e. The van der Waals surface area contributed by atoms with Gasteiger partial charge in [-0.2, -0.15) is 11.8 Å². The standard InChI is InChI=1S/C15H28N2OS/c1-12-5-7-15(11-16,8-6-12)14(18)17-10-13-4-2-3-9-19-13/h12-13H,2-11,16H2,1H3,(H,17,18). The predicted octanol–water partition coefficient (Wildman–Crippen LogP) is 2.54. The molecule has 110 valence electrons. The van der Waals surface area contributed by atoms with E-state index >= 15 is 0 Å². The van der Waals surface area contributed by atoms with Gasteiger partial charge in [-0.05, 0) is 50.2 Å². The minimum Gasteiger partial charge on any atom is -0.354 e. The molecule has 1 amide bonds. The molecule has 3 N–H and O–H groups in total. The van der Waals surface area contributed by atoms with Gasteiger partial charge in [-0.3, -0.25) is 4.79 Å². The van der Waals surface area contributed by atoms with E-state index in [2.05, 4.69) is 12.2 Å². The molecule has 1 saturated heterocycles. The molecule has 1 unspecified atom stereocenters. The van der Waals surface area contributed by atoms with Crippen molar-refractivity contribution in [1.29, 1.82) is 0 Å². The van der Waals surface area contributed by atoms with Crippen LogP contribution in [0.4, 0.5) is 0 Å². The first-order valence-electron chi connectivity index (χ1n) is 7.76. The first-order chi connectivity index (χ1) is 9.16. The molecular weight excluding hydrogens is 256 g/mol. The van der Waals surface area contributed by atoms with Gasteiger partial charge in [0.1, 0.15) is 0 Å². The van der Waals surface area contributed by atoms with E-state index in [1.807, 2.05) is 11.8 Å². The number of amides is 1. The minimum absolute atomic E-state index is 0.216. The monoisotopic (exact) mass is 284 g/mol. The number of carbonyl (C=O) groups excluding carboxylic acids is 1. The summed E-state index contributed by atoms with van der Waals surface area (Å²) >= 11 is 2.01. The van der Waals surface area contributed by atoms with Crippen LogP contribution in [0.1, 0.15) is 51.9 Å². The molecule has 19 heavy (non-hydrogen) atoms. The Morgan fingerprint density at radius 3 is 2.63 bits per heavy atom. The molecule has 0 spiro atoms. The van der Waals surface area contributed by atoms with Crippen molar-refractivity contribution in [1.82, 2.24) is 5.32 Å². The van der Waals surface area contributed by atoms with Crippen LogP contribution in [0.25, 0.3) is 0 Å². The summed E-state index contributed by atoms with van der Waals surface area (Å²) in [5, 5.41) is 3.81. The quantitative estimate of drug-likeness (QED) is 0.834. The highest BCUT2D eigenvalue weighted by Gasteiger charge is 2.39. The van der Waals surface area contributed by atoms with Crippen LogP contribution < -0.4 is 11.1 Å². The maximum atomic E-state index is 12.5. The number of hydrogen-bond donors (Lipinski definition) is 2. The van der Waals surface area contributed by atoms with Crippen molar-refractivity contribution in [3.05, 3.63) is 0 Å². The molecule has 1 aliphatic heterocycles.